The van der Waals surface area contributed by atoms with Crippen molar-refractivity contribution in [2.75, 3.05) is 11.1 Å². The highest BCUT2D eigenvalue weighted by Crippen LogP contribution is 2.26. The number of aromatic amines is 1. The van der Waals surface area contributed by atoms with Gasteiger partial charge in [0.1, 0.15) is 0 Å². The average molecular weight is 352 g/mol. The van der Waals surface area contributed by atoms with Crippen molar-refractivity contribution in [1.82, 2.24) is 25.1 Å². The van der Waals surface area contributed by atoms with Gasteiger partial charge in [-0.15, -0.1) is 0 Å². The predicted octanol–water partition coefficient (Wildman–Crippen LogP) is 3.70. The van der Waals surface area contributed by atoms with E-state index in [-0.39, 0.29) is 5.95 Å². The molecule has 8 heteroatoms. The van der Waals surface area contributed by atoms with Gasteiger partial charge >= 0.3 is 0 Å². The van der Waals surface area contributed by atoms with Crippen LogP contribution in [0.3, 0.4) is 0 Å². The van der Waals surface area contributed by atoms with E-state index in [0.29, 0.717) is 16.8 Å². The number of rotatable bonds is 3. The van der Waals surface area contributed by atoms with E-state index in [2.05, 4.69) is 30.5 Å². The quantitative estimate of drug-likeness (QED) is 0.519. The minimum Gasteiger partial charge on any atom is -0.368 e. The van der Waals surface area contributed by atoms with E-state index in [1.165, 1.54) is 0 Å². The molecule has 0 aliphatic carbocycles. The van der Waals surface area contributed by atoms with Crippen molar-refractivity contribution in [3.63, 3.8) is 0 Å². The van der Waals surface area contributed by atoms with Gasteiger partial charge in [0.25, 0.3) is 0 Å². The molecule has 0 saturated carbocycles. The number of H-pyrrole nitrogens is 1. The molecule has 124 valence electrons. The van der Waals surface area contributed by atoms with Gasteiger partial charge in [0, 0.05) is 21.7 Å². The molecule has 0 aliphatic heterocycles. The second-order valence-electron chi connectivity index (χ2n) is 5.60. The van der Waals surface area contributed by atoms with Crippen LogP contribution in [-0.4, -0.2) is 25.1 Å². The summed E-state index contributed by atoms with van der Waals surface area (Å²) >= 11 is 6.09. The molecule has 4 rings (SSSR count). The van der Waals surface area contributed by atoms with Crippen LogP contribution in [0.4, 0.5) is 17.6 Å². The minimum atomic E-state index is 0.135. The van der Waals surface area contributed by atoms with E-state index in [0.717, 1.165) is 27.7 Å². The van der Waals surface area contributed by atoms with Gasteiger partial charge in [-0.3, -0.25) is 5.10 Å². The maximum absolute atomic E-state index is 6.09. The molecule has 0 radical (unpaired) electrons. The zero-order valence-corrected chi connectivity index (χ0v) is 14.0. The number of nitrogens with two attached hydrogens (primary N) is 1. The Kier molecular flexibility index (Phi) is 3.70. The molecule has 0 saturated heterocycles. The third kappa shape index (κ3) is 3.09. The number of nitrogen functional groups attached to an aromatic ring is 1. The van der Waals surface area contributed by atoms with Crippen molar-refractivity contribution in [3.05, 3.63) is 53.2 Å². The molecule has 0 aliphatic rings. The lowest BCUT2D eigenvalue weighted by atomic mass is 10.1. The zero-order chi connectivity index (χ0) is 17.4. The van der Waals surface area contributed by atoms with Gasteiger partial charge in [0.2, 0.25) is 11.9 Å². The summed E-state index contributed by atoms with van der Waals surface area (Å²) in [5.41, 5.74) is 9.46. The highest BCUT2D eigenvalue weighted by atomic mass is 35.5. The van der Waals surface area contributed by atoms with Crippen LogP contribution in [0.15, 0.2) is 42.6 Å². The molecule has 4 aromatic rings. The first kappa shape index (κ1) is 15.3. The van der Waals surface area contributed by atoms with Crippen molar-refractivity contribution in [2.45, 2.75) is 6.92 Å². The summed E-state index contributed by atoms with van der Waals surface area (Å²) in [6.07, 6.45) is 1.75. The van der Waals surface area contributed by atoms with Crippen LogP contribution in [0, 0.1) is 6.92 Å². The SMILES string of the molecule is Cc1ccc(Cl)cc1-c1nc(N)nc(Nc2ccc3[nH]ncc3c2)n1. The largest absolute Gasteiger partial charge is 0.368 e. The Balaban J connectivity index is 1.73. The molecule has 2 heterocycles. The smallest absolute Gasteiger partial charge is 0.232 e. The summed E-state index contributed by atoms with van der Waals surface area (Å²) in [5.74, 6) is 0.973. The van der Waals surface area contributed by atoms with Crippen LogP contribution in [0.5, 0.6) is 0 Å². The number of anilines is 3. The lowest BCUT2D eigenvalue weighted by Gasteiger charge is -2.09. The minimum absolute atomic E-state index is 0.135. The number of halogens is 1. The number of aryl methyl sites for hydroxylation is 1. The van der Waals surface area contributed by atoms with E-state index < -0.39 is 0 Å². The lowest BCUT2D eigenvalue weighted by Crippen LogP contribution is -2.05. The van der Waals surface area contributed by atoms with E-state index in [1.807, 2.05) is 43.3 Å². The number of hydrogen-bond acceptors (Lipinski definition) is 6. The Morgan fingerprint density at radius 1 is 1.08 bits per heavy atom. The Morgan fingerprint density at radius 3 is 2.84 bits per heavy atom. The molecule has 7 nitrogen and oxygen atoms in total. The first-order valence-corrected chi connectivity index (χ1v) is 7.94. The van der Waals surface area contributed by atoms with Gasteiger partial charge in [-0.1, -0.05) is 17.7 Å². The highest BCUT2D eigenvalue weighted by molar-refractivity contribution is 6.30. The Hall–Kier alpha value is -3.19. The van der Waals surface area contributed by atoms with Crippen LogP contribution < -0.4 is 11.1 Å². The molecule has 2 aromatic carbocycles. The fourth-order valence-electron chi connectivity index (χ4n) is 2.55. The second kappa shape index (κ2) is 6.03. The summed E-state index contributed by atoms with van der Waals surface area (Å²) in [6, 6.07) is 11.3. The maximum atomic E-state index is 6.09. The number of aromatic nitrogens is 5. The van der Waals surface area contributed by atoms with Crippen molar-refractivity contribution < 1.29 is 0 Å². The third-order valence-corrected chi connectivity index (χ3v) is 4.02. The van der Waals surface area contributed by atoms with Gasteiger partial charge in [-0.05, 0) is 42.8 Å². The van der Waals surface area contributed by atoms with Crippen LogP contribution in [-0.2, 0) is 0 Å². The fourth-order valence-corrected chi connectivity index (χ4v) is 2.73. The molecular weight excluding hydrogens is 338 g/mol. The molecule has 2 aromatic heterocycles. The van der Waals surface area contributed by atoms with E-state index in [1.54, 1.807) is 6.20 Å². The van der Waals surface area contributed by atoms with Crippen molar-refractivity contribution in [3.8, 4) is 11.4 Å². The highest BCUT2D eigenvalue weighted by Gasteiger charge is 2.10. The van der Waals surface area contributed by atoms with E-state index in [4.69, 9.17) is 17.3 Å². The predicted molar refractivity (Wildman–Crippen MR) is 98.8 cm³/mol. The summed E-state index contributed by atoms with van der Waals surface area (Å²) in [6.45, 7) is 1.96. The van der Waals surface area contributed by atoms with Gasteiger partial charge < -0.3 is 11.1 Å². The van der Waals surface area contributed by atoms with Gasteiger partial charge in [0.15, 0.2) is 5.82 Å². The van der Waals surface area contributed by atoms with Crippen molar-refractivity contribution >= 4 is 40.1 Å². The summed E-state index contributed by atoms with van der Waals surface area (Å²) in [4.78, 5) is 12.9. The zero-order valence-electron chi connectivity index (χ0n) is 13.3. The number of benzene rings is 2. The molecule has 25 heavy (non-hydrogen) atoms. The third-order valence-electron chi connectivity index (χ3n) is 3.79. The number of nitrogens with one attached hydrogen (secondary N) is 2. The molecule has 0 bridgehead atoms. The van der Waals surface area contributed by atoms with Gasteiger partial charge in [0.05, 0.1) is 11.7 Å². The maximum Gasteiger partial charge on any atom is 0.232 e. The van der Waals surface area contributed by atoms with Crippen molar-refractivity contribution in [1.29, 1.82) is 0 Å². The molecule has 0 fully saturated rings. The number of nitrogens with zero attached hydrogens (tertiary/aromatic N) is 4. The number of hydrogen-bond donors (Lipinski definition) is 3. The first-order chi connectivity index (χ1) is 12.1. The van der Waals surface area contributed by atoms with E-state index >= 15 is 0 Å². The van der Waals surface area contributed by atoms with Gasteiger partial charge in [-0.2, -0.15) is 20.1 Å². The molecule has 0 unspecified atom stereocenters. The fraction of sp³-hybridized carbons (Fsp3) is 0.0588. The van der Waals surface area contributed by atoms with Crippen LogP contribution >= 0.6 is 11.6 Å². The van der Waals surface area contributed by atoms with Gasteiger partial charge in [-0.25, -0.2) is 0 Å². The Labute approximate surface area is 148 Å². The first-order valence-electron chi connectivity index (χ1n) is 7.57. The Morgan fingerprint density at radius 2 is 1.96 bits per heavy atom. The second-order valence-corrected chi connectivity index (χ2v) is 6.03. The molecule has 0 atom stereocenters. The topological polar surface area (TPSA) is 105 Å². The molecular formula is C17H14ClN7. The normalized spacial score (nSPS) is 11.0. The van der Waals surface area contributed by atoms with Crippen molar-refractivity contribution in [2.24, 2.45) is 0 Å². The monoisotopic (exact) mass is 351 g/mol. The number of fused-ring (bicyclic) bond motifs is 1. The molecule has 0 amide bonds. The lowest BCUT2D eigenvalue weighted by molar-refractivity contribution is 1.07. The average Bonchev–Trinajstić information content (AvgIpc) is 3.04. The summed E-state index contributed by atoms with van der Waals surface area (Å²) < 4.78 is 0. The summed E-state index contributed by atoms with van der Waals surface area (Å²) in [5, 5.41) is 11.7. The van der Waals surface area contributed by atoms with Crippen LogP contribution in [0.25, 0.3) is 22.3 Å². The summed E-state index contributed by atoms with van der Waals surface area (Å²) in [7, 11) is 0. The van der Waals surface area contributed by atoms with E-state index in [9.17, 15) is 0 Å². The molecule has 0 spiro atoms. The Bertz CT molecular complexity index is 1070. The van der Waals surface area contributed by atoms with Crippen LogP contribution in [0.2, 0.25) is 5.02 Å². The standard InChI is InChI=1S/C17H14ClN7/c1-9-2-3-11(18)7-13(9)15-22-16(19)24-17(23-15)21-12-4-5-14-10(6-12)8-20-25-14/h2-8H,1H3,(H,20,25)(H3,19,21,22,23,24). The molecule has 4 N–H and O–H groups in total. The van der Waals surface area contributed by atoms with Crippen LogP contribution in [0.1, 0.15) is 5.56 Å².